The average Bonchev–Trinajstić information content (AvgIpc) is 2.27. The second-order valence-electron chi connectivity index (χ2n) is 3.49. The van der Waals surface area contributed by atoms with Gasteiger partial charge in [0, 0.05) is 11.3 Å². The first-order chi connectivity index (χ1) is 5.34. The minimum absolute atomic E-state index is 0.480. The van der Waals surface area contributed by atoms with Gasteiger partial charge in [0.25, 0.3) is 0 Å². The Morgan fingerprint density at radius 3 is 2.45 bits per heavy atom. The van der Waals surface area contributed by atoms with E-state index < -0.39 is 0 Å². The van der Waals surface area contributed by atoms with Crippen LogP contribution in [-0.4, -0.2) is 29.8 Å². The van der Waals surface area contributed by atoms with Crippen LogP contribution in [0.1, 0.15) is 19.3 Å². The summed E-state index contributed by atoms with van der Waals surface area (Å²) in [5, 5.41) is 1.61. The van der Waals surface area contributed by atoms with Gasteiger partial charge >= 0.3 is 0 Å². The van der Waals surface area contributed by atoms with Gasteiger partial charge in [-0.15, -0.1) is 0 Å². The fourth-order valence-corrected chi connectivity index (χ4v) is 3.19. The molecule has 0 radical (unpaired) electrons. The second-order valence-corrected chi connectivity index (χ2v) is 5.10. The standard InChI is InChI=1S/C8H15NOS/c9-6-1-2-7(3-6)11-8-4-10-5-8/h6-8H,1-5,9H2. The van der Waals surface area contributed by atoms with Gasteiger partial charge in [-0.1, -0.05) is 0 Å². The molecule has 2 atom stereocenters. The van der Waals surface area contributed by atoms with E-state index in [0.29, 0.717) is 6.04 Å². The molecule has 3 heteroatoms. The Kier molecular flexibility index (Phi) is 2.39. The number of hydrogen-bond donors (Lipinski definition) is 1. The summed E-state index contributed by atoms with van der Waals surface area (Å²) in [6.45, 7) is 1.94. The van der Waals surface area contributed by atoms with Crippen molar-refractivity contribution in [3.05, 3.63) is 0 Å². The molecule has 0 bridgehead atoms. The van der Waals surface area contributed by atoms with Crippen molar-refractivity contribution in [2.45, 2.75) is 35.8 Å². The van der Waals surface area contributed by atoms with E-state index in [1.54, 1.807) is 0 Å². The highest BCUT2D eigenvalue weighted by Crippen LogP contribution is 2.33. The zero-order valence-electron chi connectivity index (χ0n) is 6.66. The number of rotatable bonds is 2. The summed E-state index contributed by atoms with van der Waals surface area (Å²) < 4.78 is 5.12. The monoisotopic (exact) mass is 173 g/mol. The Hall–Kier alpha value is 0.270. The Bertz CT molecular complexity index is 138. The molecule has 0 aromatic rings. The molecule has 1 aliphatic heterocycles. The summed E-state index contributed by atoms with van der Waals surface area (Å²) >= 11 is 2.09. The quantitative estimate of drug-likeness (QED) is 0.676. The van der Waals surface area contributed by atoms with Gasteiger partial charge in [0.05, 0.1) is 18.5 Å². The lowest BCUT2D eigenvalue weighted by molar-refractivity contribution is 0.0453. The highest BCUT2D eigenvalue weighted by Gasteiger charge is 2.28. The van der Waals surface area contributed by atoms with Crippen LogP contribution in [0.3, 0.4) is 0 Å². The lowest BCUT2D eigenvalue weighted by Crippen LogP contribution is -2.32. The molecule has 2 nitrogen and oxygen atoms in total. The molecule has 0 aromatic heterocycles. The molecule has 2 rings (SSSR count). The smallest absolute Gasteiger partial charge is 0.0608 e. The molecule has 0 spiro atoms. The molecule has 0 aromatic carbocycles. The fourth-order valence-electron chi connectivity index (χ4n) is 1.66. The van der Waals surface area contributed by atoms with E-state index in [0.717, 1.165) is 23.7 Å². The number of thioether (sulfide) groups is 1. The minimum Gasteiger partial charge on any atom is -0.379 e. The molecule has 1 heterocycles. The van der Waals surface area contributed by atoms with Crippen LogP contribution in [0.25, 0.3) is 0 Å². The molecular weight excluding hydrogens is 158 g/mol. The van der Waals surface area contributed by atoms with Gasteiger partial charge in [0.2, 0.25) is 0 Å². The molecule has 0 amide bonds. The molecule has 64 valence electrons. The second kappa shape index (κ2) is 3.33. The first-order valence-electron chi connectivity index (χ1n) is 4.33. The van der Waals surface area contributed by atoms with Crippen LogP contribution in [0.2, 0.25) is 0 Å². The first kappa shape index (κ1) is 7.90. The van der Waals surface area contributed by atoms with Crippen LogP contribution in [-0.2, 0) is 4.74 Å². The van der Waals surface area contributed by atoms with E-state index in [1.807, 2.05) is 0 Å². The number of hydrogen-bond acceptors (Lipinski definition) is 3. The van der Waals surface area contributed by atoms with E-state index in [2.05, 4.69) is 11.8 Å². The van der Waals surface area contributed by atoms with Gasteiger partial charge < -0.3 is 10.5 Å². The lowest BCUT2D eigenvalue weighted by atomic mass is 10.3. The maximum Gasteiger partial charge on any atom is 0.0608 e. The molecule has 1 saturated heterocycles. The molecule has 2 unspecified atom stereocenters. The topological polar surface area (TPSA) is 35.2 Å². The maximum absolute atomic E-state index is 5.82. The van der Waals surface area contributed by atoms with E-state index in [1.165, 1.54) is 19.3 Å². The van der Waals surface area contributed by atoms with Gasteiger partial charge in [-0.25, -0.2) is 0 Å². The third-order valence-corrected chi connectivity index (χ3v) is 3.89. The van der Waals surface area contributed by atoms with Crippen molar-refractivity contribution in [2.75, 3.05) is 13.2 Å². The van der Waals surface area contributed by atoms with Gasteiger partial charge in [-0.2, -0.15) is 11.8 Å². The van der Waals surface area contributed by atoms with Gasteiger partial charge in [-0.3, -0.25) is 0 Å². The van der Waals surface area contributed by atoms with E-state index in [4.69, 9.17) is 10.5 Å². The third kappa shape index (κ3) is 1.89. The predicted molar refractivity (Wildman–Crippen MR) is 47.8 cm³/mol. The van der Waals surface area contributed by atoms with Crippen molar-refractivity contribution >= 4 is 11.8 Å². The number of ether oxygens (including phenoxy) is 1. The van der Waals surface area contributed by atoms with Gasteiger partial charge in [0.15, 0.2) is 0 Å². The van der Waals surface area contributed by atoms with Crippen molar-refractivity contribution in [3.8, 4) is 0 Å². The summed E-state index contributed by atoms with van der Waals surface area (Å²) in [6.07, 6.45) is 3.77. The van der Waals surface area contributed by atoms with Gasteiger partial charge in [0.1, 0.15) is 0 Å². The van der Waals surface area contributed by atoms with Crippen molar-refractivity contribution in [3.63, 3.8) is 0 Å². The highest BCUT2D eigenvalue weighted by molar-refractivity contribution is 8.00. The average molecular weight is 173 g/mol. The minimum atomic E-state index is 0.480. The van der Waals surface area contributed by atoms with Crippen LogP contribution < -0.4 is 5.73 Å². The first-order valence-corrected chi connectivity index (χ1v) is 5.27. The van der Waals surface area contributed by atoms with E-state index in [-0.39, 0.29) is 0 Å². The Morgan fingerprint density at radius 2 is 2.00 bits per heavy atom. The van der Waals surface area contributed by atoms with Crippen LogP contribution in [0, 0.1) is 0 Å². The molecular formula is C8H15NOS. The van der Waals surface area contributed by atoms with Crippen molar-refractivity contribution in [1.82, 2.24) is 0 Å². The molecule has 2 fully saturated rings. The molecule has 11 heavy (non-hydrogen) atoms. The molecule has 2 N–H and O–H groups in total. The lowest BCUT2D eigenvalue weighted by Gasteiger charge is -2.27. The third-order valence-electron chi connectivity index (χ3n) is 2.42. The normalized spacial score (nSPS) is 39.0. The maximum atomic E-state index is 5.82. The molecule has 2 aliphatic rings. The van der Waals surface area contributed by atoms with Crippen LogP contribution in [0.5, 0.6) is 0 Å². The summed E-state index contributed by atoms with van der Waals surface area (Å²) in [5.74, 6) is 0. The van der Waals surface area contributed by atoms with Gasteiger partial charge in [-0.05, 0) is 19.3 Å². The SMILES string of the molecule is NC1CCC(SC2COC2)C1. The summed E-state index contributed by atoms with van der Waals surface area (Å²) in [4.78, 5) is 0. The van der Waals surface area contributed by atoms with E-state index in [9.17, 15) is 0 Å². The Balaban J connectivity index is 1.70. The van der Waals surface area contributed by atoms with Crippen LogP contribution in [0.15, 0.2) is 0 Å². The largest absolute Gasteiger partial charge is 0.379 e. The summed E-state index contributed by atoms with van der Waals surface area (Å²) in [6, 6.07) is 0.480. The Labute approximate surface area is 71.9 Å². The van der Waals surface area contributed by atoms with Crippen LogP contribution in [0.4, 0.5) is 0 Å². The van der Waals surface area contributed by atoms with E-state index >= 15 is 0 Å². The van der Waals surface area contributed by atoms with Crippen LogP contribution >= 0.6 is 11.8 Å². The zero-order valence-corrected chi connectivity index (χ0v) is 7.48. The van der Waals surface area contributed by atoms with Crippen molar-refractivity contribution in [1.29, 1.82) is 0 Å². The number of nitrogens with two attached hydrogens (primary N) is 1. The highest BCUT2D eigenvalue weighted by atomic mass is 32.2. The molecule has 1 saturated carbocycles. The fraction of sp³-hybridized carbons (Fsp3) is 1.00. The van der Waals surface area contributed by atoms with Crippen molar-refractivity contribution < 1.29 is 4.74 Å². The zero-order chi connectivity index (χ0) is 7.68. The molecule has 1 aliphatic carbocycles. The predicted octanol–water partition coefficient (Wildman–Crippen LogP) is 0.998. The van der Waals surface area contributed by atoms with Crippen molar-refractivity contribution in [2.24, 2.45) is 5.73 Å². The Morgan fingerprint density at radius 1 is 1.18 bits per heavy atom. The summed E-state index contributed by atoms with van der Waals surface area (Å²) in [5.41, 5.74) is 5.82. The summed E-state index contributed by atoms with van der Waals surface area (Å²) in [7, 11) is 0.